The van der Waals surface area contributed by atoms with E-state index < -0.39 is 0 Å². The van der Waals surface area contributed by atoms with Gasteiger partial charge in [0.05, 0.1) is 12.2 Å². The minimum atomic E-state index is -0.131. The summed E-state index contributed by atoms with van der Waals surface area (Å²) in [6, 6.07) is 7.62. The Morgan fingerprint density at radius 2 is 2.35 bits per heavy atom. The molecular weight excluding hydrogens is 312 g/mol. The third-order valence-corrected chi connectivity index (χ3v) is 4.50. The van der Waals surface area contributed by atoms with Crippen LogP contribution in [-0.2, 0) is 19.9 Å². The Bertz CT molecular complexity index is 698. The van der Waals surface area contributed by atoms with Gasteiger partial charge in [0.15, 0.2) is 0 Å². The van der Waals surface area contributed by atoms with Gasteiger partial charge in [-0.3, -0.25) is 4.68 Å². The van der Waals surface area contributed by atoms with Crippen molar-refractivity contribution in [2.24, 2.45) is 7.05 Å². The molecule has 3 rings (SSSR count). The molecule has 0 saturated carbocycles. The van der Waals surface area contributed by atoms with Crippen LogP contribution in [-0.4, -0.2) is 22.4 Å². The highest BCUT2D eigenvalue weighted by atomic mass is 35.5. The van der Waals surface area contributed by atoms with Crippen molar-refractivity contribution in [3.63, 3.8) is 0 Å². The van der Waals surface area contributed by atoms with Gasteiger partial charge in [0.2, 0.25) is 0 Å². The van der Waals surface area contributed by atoms with Crippen LogP contribution in [0, 0.1) is 0 Å². The summed E-state index contributed by atoms with van der Waals surface area (Å²) in [5, 5.41) is 11.0. The summed E-state index contributed by atoms with van der Waals surface area (Å²) in [4.78, 5) is 12.1. The third-order valence-electron chi connectivity index (χ3n) is 4.27. The average molecular weight is 333 g/mol. The predicted octanol–water partition coefficient (Wildman–Crippen LogP) is 2.99. The Labute approximate surface area is 141 Å². The van der Waals surface area contributed by atoms with Gasteiger partial charge in [-0.25, -0.2) is 4.79 Å². The molecule has 1 aromatic carbocycles. The van der Waals surface area contributed by atoms with E-state index in [4.69, 9.17) is 11.6 Å². The maximum Gasteiger partial charge on any atom is 0.315 e. The molecule has 1 aliphatic carbocycles. The molecule has 1 atom stereocenters. The normalized spacial score (nSPS) is 16.7. The summed E-state index contributed by atoms with van der Waals surface area (Å²) >= 11 is 5.96. The first-order chi connectivity index (χ1) is 11.1. The average Bonchev–Trinajstić information content (AvgIpc) is 2.90. The number of fused-ring (bicyclic) bond motifs is 1. The van der Waals surface area contributed by atoms with Crippen LogP contribution in [0.1, 0.15) is 35.7 Å². The number of carbonyl (C=O) groups excluding carboxylic acids is 1. The number of amides is 2. The maximum absolute atomic E-state index is 12.1. The van der Waals surface area contributed by atoms with Crippen molar-refractivity contribution in [1.82, 2.24) is 20.4 Å². The molecule has 0 bridgehead atoms. The van der Waals surface area contributed by atoms with Crippen LogP contribution >= 0.6 is 11.6 Å². The molecular formula is C17H21ClN4O. The summed E-state index contributed by atoms with van der Waals surface area (Å²) in [5.41, 5.74) is 3.48. The molecule has 0 fully saturated rings. The number of carbonyl (C=O) groups is 1. The summed E-state index contributed by atoms with van der Waals surface area (Å²) < 4.78 is 1.90. The smallest absolute Gasteiger partial charge is 0.315 e. The van der Waals surface area contributed by atoms with Gasteiger partial charge in [-0.1, -0.05) is 23.7 Å². The quantitative estimate of drug-likeness (QED) is 0.904. The van der Waals surface area contributed by atoms with E-state index in [0.29, 0.717) is 6.54 Å². The van der Waals surface area contributed by atoms with Gasteiger partial charge in [0.1, 0.15) is 0 Å². The number of nitrogens with one attached hydrogen (secondary N) is 2. The molecule has 2 aromatic rings. The fourth-order valence-corrected chi connectivity index (χ4v) is 3.29. The number of urea groups is 1. The third kappa shape index (κ3) is 3.85. The summed E-state index contributed by atoms with van der Waals surface area (Å²) in [5.74, 6) is 0. The van der Waals surface area contributed by atoms with E-state index in [0.717, 1.165) is 41.8 Å². The van der Waals surface area contributed by atoms with E-state index in [-0.39, 0.29) is 12.1 Å². The van der Waals surface area contributed by atoms with E-state index in [1.807, 2.05) is 42.2 Å². The van der Waals surface area contributed by atoms with Gasteiger partial charge in [0, 0.05) is 29.9 Å². The van der Waals surface area contributed by atoms with Gasteiger partial charge in [0.25, 0.3) is 0 Å². The number of benzene rings is 1. The predicted molar refractivity (Wildman–Crippen MR) is 90.6 cm³/mol. The lowest BCUT2D eigenvalue weighted by atomic mass is 9.93. The number of aryl methyl sites for hydroxylation is 1. The van der Waals surface area contributed by atoms with E-state index in [1.165, 1.54) is 5.69 Å². The van der Waals surface area contributed by atoms with Crippen molar-refractivity contribution in [2.45, 2.75) is 31.7 Å². The number of hydrogen-bond donors (Lipinski definition) is 2. The molecule has 2 amide bonds. The second kappa shape index (κ2) is 7.04. The molecule has 0 spiro atoms. The lowest BCUT2D eigenvalue weighted by molar-refractivity contribution is 0.235. The minimum Gasteiger partial charge on any atom is -0.338 e. The van der Waals surface area contributed by atoms with Gasteiger partial charge in [-0.15, -0.1) is 0 Å². The molecule has 0 radical (unpaired) electrons. The van der Waals surface area contributed by atoms with Gasteiger partial charge >= 0.3 is 6.03 Å². The first kappa shape index (κ1) is 15.9. The maximum atomic E-state index is 12.1. The SMILES string of the molecule is Cn1ncc2c1CCC[C@@H]2NC(=O)NCCc1cccc(Cl)c1. The van der Waals surface area contributed by atoms with Gasteiger partial charge < -0.3 is 10.6 Å². The number of halogens is 1. The Morgan fingerprint density at radius 1 is 1.48 bits per heavy atom. The van der Waals surface area contributed by atoms with Crippen LogP contribution < -0.4 is 10.6 Å². The van der Waals surface area contributed by atoms with Crippen molar-refractivity contribution in [2.75, 3.05) is 6.54 Å². The van der Waals surface area contributed by atoms with Crippen molar-refractivity contribution < 1.29 is 4.79 Å². The van der Waals surface area contributed by atoms with Crippen LogP contribution in [0.5, 0.6) is 0 Å². The van der Waals surface area contributed by atoms with Crippen LogP contribution in [0.3, 0.4) is 0 Å². The second-order valence-electron chi connectivity index (χ2n) is 5.90. The molecule has 0 aliphatic heterocycles. The number of rotatable bonds is 4. The topological polar surface area (TPSA) is 59.0 Å². The van der Waals surface area contributed by atoms with E-state index in [1.54, 1.807) is 0 Å². The summed E-state index contributed by atoms with van der Waals surface area (Å²) in [6.07, 6.45) is 5.68. The first-order valence-electron chi connectivity index (χ1n) is 7.93. The first-order valence-corrected chi connectivity index (χ1v) is 8.31. The molecule has 1 aliphatic rings. The zero-order valence-electron chi connectivity index (χ0n) is 13.2. The van der Waals surface area contributed by atoms with Crippen molar-refractivity contribution >= 4 is 17.6 Å². The van der Waals surface area contributed by atoms with Gasteiger partial charge in [-0.2, -0.15) is 5.10 Å². The fraction of sp³-hybridized carbons (Fsp3) is 0.412. The molecule has 0 saturated heterocycles. The van der Waals surface area contributed by atoms with Crippen molar-refractivity contribution in [1.29, 1.82) is 0 Å². The molecule has 5 nitrogen and oxygen atoms in total. The Balaban J connectivity index is 1.50. The van der Waals surface area contributed by atoms with Crippen LogP contribution in [0.25, 0.3) is 0 Å². The van der Waals surface area contributed by atoms with E-state index in [9.17, 15) is 4.79 Å². The van der Waals surface area contributed by atoms with E-state index in [2.05, 4.69) is 15.7 Å². The monoisotopic (exact) mass is 332 g/mol. The molecule has 1 heterocycles. The molecule has 1 aromatic heterocycles. The number of nitrogens with zero attached hydrogens (tertiary/aromatic N) is 2. The molecule has 122 valence electrons. The highest BCUT2D eigenvalue weighted by Crippen LogP contribution is 2.28. The van der Waals surface area contributed by atoms with Crippen LogP contribution in [0.2, 0.25) is 5.02 Å². The van der Waals surface area contributed by atoms with E-state index >= 15 is 0 Å². The number of aromatic nitrogens is 2. The zero-order valence-corrected chi connectivity index (χ0v) is 13.9. The largest absolute Gasteiger partial charge is 0.338 e. The van der Waals surface area contributed by atoms with Crippen molar-refractivity contribution in [3.8, 4) is 0 Å². The highest BCUT2D eigenvalue weighted by molar-refractivity contribution is 6.30. The minimum absolute atomic E-state index is 0.0543. The van der Waals surface area contributed by atoms with Gasteiger partial charge in [-0.05, 0) is 43.4 Å². The lowest BCUT2D eigenvalue weighted by Gasteiger charge is -2.24. The molecule has 23 heavy (non-hydrogen) atoms. The zero-order chi connectivity index (χ0) is 16.2. The summed E-state index contributed by atoms with van der Waals surface area (Å²) in [6.45, 7) is 0.582. The molecule has 6 heteroatoms. The number of hydrogen-bond acceptors (Lipinski definition) is 2. The Kier molecular flexibility index (Phi) is 4.86. The highest BCUT2D eigenvalue weighted by Gasteiger charge is 2.24. The lowest BCUT2D eigenvalue weighted by Crippen LogP contribution is -2.39. The fourth-order valence-electron chi connectivity index (χ4n) is 3.08. The van der Waals surface area contributed by atoms with Crippen LogP contribution in [0.4, 0.5) is 4.79 Å². The summed E-state index contributed by atoms with van der Waals surface area (Å²) in [7, 11) is 1.95. The Hall–Kier alpha value is -2.01. The molecule has 2 N–H and O–H groups in total. The molecule has 0 unspecified atom stereocenters. The van der Waals surface area contributed by atoms with Crippen LogP contribution in [0.15, 0.2) is 30.5 Å². The second-order valence-corrected chi connectivity index (χ2v) is 6.33. The van der Waals surface area contributed by atoms with Crippen molar-refractivity contribution in [3.05, 3.63) is 52.3 Å². The standard InChI is InChI=1S/C17H21ClN4O/c1-22-16-7-3-6-15(14(16)11-20-22)21-17(23)19-9-8-12-4-2-5-13(18)10-12/h2,4-5,10-11,15H,3,6-9H2,1H3,(H2,19,21,23)/t15-/m0/s1. The Morgan fingerprint density at radius 3 is 3.17 bits per heavy atom.